The van der Waals surface area contributed by atoms with Gasteiger partial charge in [-0.1, -0.05) is 13.8 Å². The maximum atomic E-state index is 10.4. The molecular weight excluding hydrogens is 314 g/mol. The molecule has 4 atom stereocenters. The molecule has 3 aliphatic rings. The van der Waals surface area contributed by atoms with Crippen LogP contribution in [0.5, 0.6) is 0 Å². The highest BCUT2D eigenvalue weighted by molar-refractivity contribution is 4.90. The Morgan fingerprint density at radius 1 is 0.840 bits per heavy atom. The van der Waals surface area contributed by atoms with Gasteiger partial charge in [0.05, 0.1) is 12.3 Å². The zero-order valence-electron chi connectivity index (χ0n) is 16.2. The Hall–Kier alpha value is -0.240. The summed E-state index contributed by atoms with van der Waals surface area (Å²) in [7, 11) is 0. The van der Waals surface area contributed by atoms with Crippen molar-refractivity contribution in [1.82, 2.24) is 14.7 Å². The fourth-order valence-corrected chi connectivity index (χ4v) is 4.88. The first-order chi connectivity index (χ1) is 11.9. The van der Waals surface area contributed by atoms with Gasteiger partial charge in [-0.05, 0) is 50.6 Å². The molecule has 146 valence electrons. The summed E-state index contributed by atoms with van der Waals surface area (Å²) in [5.41, 5.74) is 12.2. The summed E-state index contributed by atoms with van der Waals surface area (Å²) < 4.78 is 0. The van der Waals surface area contributed by atoms with Gasteiger partial charge in [-0.2, -0.15) is 0 Å². The first kappa shape index (κ1) is 19.5. The van der Waals surface area contributed by atoms with Crippen molar-refractivity contribution in [3.8, 4) is 0 Å². The Labute approximate surface area is 153 Å². The second-order valence-electron chi connectivity index (χ2n) is 8.89. The molecule has 0 amide bonds. The van der Waals surface area contributed by atoms with Crippen molar-refractivity contribution in [3.05, 3.63) is 0 Å². The van der Waals surface area contributed by atoms with Gasteiger partial charge in [0.2, 0.25) is 0 Å². The predicted molar refractivity (Wildman–Crippen MR) is 102 cm³/mol. The summed E-state index contributed by atoms with van der Waals surface area (Å²) in [6.07, 6.45) is 4.71. The molecule has 0 bridgehead atoms. The summed E-state index contributed by atoms with van der Waals surface area (Å²) in [6, 6.07) is 0.749. The van der Waals surface area contributed by atoms with Crippen molar-refractivity contribution in [2.24, 2.45) is 23.3 Å². The molecule has 3 saturated heterocycles. The van der Waals surface area contributed by atoms with Gasteiger partial charge in [-0.3, -0.25) is 9.80 Å². The Bertz CT molecular complexity index is 395. The van der Waals surface area contributed by atoms with Gasteiger partial charge in [-0.15, -0.1) is 0 Å². The Morgan fingerprint density at radius 3 is 1.84 bits per heavy atom. The normalized spacial score (nSPS) is 36.6. The third-order valence-electron chi connectivity index (χ3n) is 6.68. The Kier molecular flexibility index (Phi) is 6.74. The van der Waals surface area contributed by atoms with Crippen LogP contribution in [0.1, 0.15) is 39.5 Å². The molecule has 2 unspecified atom stereocenters. The average Bonchev–Trinajstić information content (AvgIpc) is 2.60. The molecule has 0 spiro atoms. The quantitative estimate of drug-likeness (QED) is 0.665. The van der Waals surface area contributed by atoms with E-state index in [2.05, 4.69) is 28.5 Å². The third kappa shape index (κ3) is 4.93. The Balaban J connectivity index is 1.67. The first-order valence-corrected chi connectivity index (χ1v) is 10.3. The fourth-order valence-electron chi connectivity index (χ4n) is 4.88. The Morgan fingerprint density at radius 2 is 1.32 bits per heavy atom. The number of hydrogen-bond acceptors (Lipinski definition) is 6. The second-order valence-corrected chi connectivity index (χ2v) is 8.89. The predicted octanol–water partition coefficient (Wildman–Crippen LogP) is 0.107. The number of hydrogen-bond donors (Lipinski definition) is 3. The molecular formula is C19H39N5O. The van der Waals surface area contributed by atoms with Crippen molar-refractivity contribution in [1.29, 1.82) is 0 Å². The molecule has 25 heavy (non-hydrogen) atoms. The van der Waals surface area contributed by atoms with Crippen LogP contribution in [0.2, 0.25) is 0 Å². The summed E-state index contributed by atoms with van der Waals surface area (Å²) in [4.78, 5) is 7.88. The topological polar surface area (TPSA) is 82.0 Å². The van der Waals surface area contributed by atoms with E-state index in [9.17, 15) is 5.11 Å². The summed E-state index contributed by atoms with van der Waals surface area (Å²) in [5, 5.41) is 10.4. The monoisotopic (exact) mass is 353 g/mol. The van der Waals surface area contributed by atoms with Crippen molar-refractivity contribution in [2.45, 2.75) is 63.9 Å². The van der Waals surface area contributed by atoms with E-state index in [1.165, 1.54) is 0 Å². The van der Waals surface area contributed by atoms with Crippen LogP contribution in [0, 0.1) is 11.8 Å². The second kappa shape index (κ2) is 8.63. The molecule has 0 radical (unpaired) electrons. The molecule has 3 fully saturated rings. The van der Waals surface area contributed by atoms with Crippen LogP contribution in [0.4, 0.5) is 0 Å². The van der Waals surface area contributed by atoms with Gasteiger partial charge in [-0.25, -0.2) is 0 Å². The molecule has 3 aliphatic heterocycles. The molecule has 5 N–H and O–H groups in total. The van der Waals surface area contributed by atoms with Gasteiger partial charge in [0.15, 0.2) is 0 Å². The minimum Gasteiger partial charge on any atom is -0.392 e. The fraction of sp³-hybridized carbons (Fsp3) is 1.00. The van der Waals surface area contributed by atoms with Crippen LogP contribution >= 0.6 is 0 Å². The minimum atomic E-state index is -0.167. The zero-order chi connectivity index (χ0) is 18.0. The summed E-state index contributed by atoms with van der Waals surface area (Å²) in [6.45, 7) is 11.9. The number of nitrogens with zero attached hydrogens (tertiary/aromatic N) is 3. The number of rotatable bonds is 4. The molecule has 6 heteroatoms. The highest BCUT2D eigenvalue weighted by Gasteiger charge is 2.37. The van der Waals surface area contributed by atoms with Gasteiger partial charge in [0, 0.05) is 44.8 Å². The molecule has 0 aliphatic carbocycles. The van der Waals surface area contributed by atoms with E-state index in [1.807, 2.05) is 0 Å². The van der Waals surface area contributed by atoms with Crippen LogP contribution in [0.25, 0.3) is 0 Å². The maximum Gasteiger partial charge on any atom is 0.0753 e. The van der Waals surface area contributed by atoms with Crippen LogP contribution in [0.3, 0.4) is 0 Å². The van der Waals surface area contributed by atoms with Crippen molar-refractivity contribution >= 4 is 0 Å². The largest absolute Gasteiger partial charge is 0.392 e. The van der Waals surface area contributed by atoms with Gasteiger partial charge in [0.1, 0.15) is 0 Å². The van der Waals surface area contributed by atoms with E-state index < -0.39 is 0 Å². The van der Waals surface area contributed by atoms with Crippen molar-refractivity contribution < 1.29 is 5.11 Å². The number of aliphatic hydroxyl groups is 1. The molecule has 0 aromatic carbocycles. The molecule has 3 heterocycles. The average molecular weight is 354 g/mol. The van der Waals surface area contributed by atoms with Gasteiger partial charge >= 0.3 is 0 Å². The SMILES string of the molecule is C[C@@H]1CN(C(CN2CCC(N)CC2)N2CCC(N)CC2)C[C@H](C)C1O. The van der Waals surface area contributed by atoms with E-state index in [-0.39, 0.29) is 6.10 Å². The van der Waals surface area contributed by atoms with E-state index in [1.54, 1.807) is 0 Å². The zero-order valence-corrected chi connectivity index (χ0v) is 16.2. The number of piperidine rings is 3. The van der Waals surface area contributed by atoms with Crippen LogP contribution in [-0.4, -0.2) is 90.0 Å². The molecule has 3 rings (SSSR count). The third-order valence-corrected chi connectivity index (χ3v) is 6.68. The van der Waals surface area contributed by atoms with E-state index in [4.69, 9.17) is 11.5 Å². The van der Waals surface area contributed by atoms with Gasteiger partial charge in [0.25, 0.3) is 0 Å². The lowest BCUT2D eigenvalue weighted by atomic mass is 9.88. The first-order valence-electron chi connectivity index (χ1n) is 10.3. The molecule has 0 saturated carbocycles. The van der Waals surface area contributed by atoms with E-state index in [0.717, 1.165) is 71.5 Å². The van der Waals surface area contributed by atoms with Crippen LogP contribution in [0.15, 0.2) is 0 Å². The smallest absolute Gasteiger partial charge is 0.0753 e. The molecule has 0 aromatic heterocycles. The van der Waals surface area contributed by atoms with E-state index >= 15 is 0 Å². The molecule has 6 nitrogen and oxygen atoms in total. The van der Waals surface area contributed by atoms with Crippen LogP contribution < -0.4 is 11.5 Å². The number of likely N-dealkylation sites (tertiary alicyclic amines) is 3. The lowest BCUT2D eigenvalue weighted by molar-refractivity contribution is -0.0727. The van der Waals surface area contributed by atoms with Crippen molar-refractivity contribution in [2.75, 3.05) is 45.8 Å². The summed E-state index contributed by atoms with van der Waals surface area (Å²) in [5.74, 6) is 0.682. The number of nitrogens with two attached hydrogens (primary N) is 2. The van der Waals surface area contributed by atoms with Crippen LogP contribution in [-0.2, 0) is 0 Å². The lowest BCUT2D eigenvalue weighted by Gasteiger charge is -2.49. The standard InChI is InChI=1S/C19H39N5O/c1-14-11-24(12-15(2)19(14)25)18(23-9-5-17(21)6-10-23)13-22-7-3-16(20)4-8-22/h14-19,25H,3-13,20-21H2,1-2H3/t14-,15+,18?,19?. The minimum absolute atomic E-state index is 0.167. The molecule has 0 aromatic rings. The highest BCUT2D eigenvalue weighted by atomic mass is 16.3. The van der Waals surface area contributed by atoms with Gasteiger partial charge < -0.3 is 21.5 Å². The maximum absolute atomic E-state index is 10.4. The van der Waals surface area contributed by atoms with E-state index in [0.29, 0.717) is 30.1 Å². The number of aliphatic hydroxyl groups excluding tert-OH is 1. The highest BCUT2D eigenvalue weighted by Crippen LogP contribution is 2.26. The lowest BCUT2D eigenvalue weighted by Crippen LogP contribution is -2.62. The van der Waals surface area contributed by atoms with Crippen molar-refractivity contribution in [3.63, 3.8) is 0 Å². The summed E-state index contributed by atoms with van der Waals surface area (Å²) >= 11 is 0.